The Bertz CT molecular complexity index is 373. The van der Waals surface area contributed by atoms with E-state index in [1.807, 2.05) is 0 Å². The van der Waals surface area contributed by atoms with E-state index in [0.717, 1.165) is 19.0 Å². The number of carbonyl (C=O) groups is 1. The van der Waals surface area contributed by atoms with Gasteiger partial charge in [0.05, 0.1) is 6.54 Å². The molecule has 0 aromatic carbocycles. The van der Waals surface area contributed by atoms with Crippen molar-refractivity contribution in [3.05, 3.63) is 0 Å². The SMILES string of the molecule is CC1(C)[C@H]2CC[C@H](C2)[C@@]1(C)NC(=O)CN1CCCC1. The molecule has 3 heteroatoms. The summed E-state index contributed by atoms with van der Waals surface area (Å²) in [5.74, 6) is 1.73. The van der Waals surface area contributed by atoms with Crippen molar-refractivity contribution >= 4 is 5.91 Å². The minimum Gasteiger partial charge on any atom is -0.349 e. The smallest absolute Gasteiger partial charge is 0.234 e. The quantitative estimate of drug-likeness (QED) is 0.849. The molecule has 3 atom stereocenters. The fourth-order valence-electron chi connectivity index (χ4n) is 4.85. The van der Waals surface area contributed by atoms with Gasteiger partial charge in [-0.15, -0.1) is 0 Å². The molecule has 1 heterocycles. The van der Waals surface area contributed by atoms with E-state index in [-0.39, 0.29) is 16.9 Å². The standard InChI is InChI=1S/C16H28N2O/c1-15(2)12-6-7-13(10-12)16(15,3)17-14(19)11-18-8-4-5-9-18/h12-13H,4-11H2,1-3H3,(H,17,19)/t12-,13+,16+/m0/s1. The fraction of sp³-hybridized carbons (Fsp3) is 0.938. The Kier molecular flexibility index (Phi) is 3.16. The Morgan fingerprint density at radius 3 is 2.37 bits per heavy atom. The number of hydrogen-bond acceptors (Lipinski definition) is 2. The van der Waals surface area contributed by atoms with E-state index in [1.165, 1.54) is 32.1 Å². The second kappa shape index (κ2) is 4.47. The second-order valence-electron chi connectivity index (χ2n) is 7.66. The summed E-state index contributed by atoms with van der Waals surface area (Å²) in [5.41, 5.74) is 0.253. The third-order valence-electron chi connectivity index (χ3n) is 6.57. The molecule has 0 spiro atoms. The molecule has 1 N–H and O–H groups in total. The molecular formula is C16H28N2O. The topological polar surface area (TPSA) is 32.3 Å². The molecule has 0 aromatic rings. The van der Waals surface area contributed by atoms with Gasteiger partial charge in [-0.05, 0) is 69.4 Å². The molecule has 2 bridgehead atoms. The molecule has 0 aromatic heterocycles. The van der Waals surface area contributed by atoms with Crippen LogP contribution in [-0.2, 0) is 4.79 Å². The molecule has 19 heavy (non-hydrogen) atoms. The van der Waals surface area contributed by atoms with Crippen LogP contribution in [0.25, 0.3) is 0 Å². The summed E-state index contributed by atoms with van der Waals surface area (Å²) in [6.07, 6.45) is 6.47. The molecule has 2 aliphatic carbocycles. The van der Waals surface area contributed by atoms with E-state index in [1.54, 1.807) is 0 Å². The lowest BCUT2D eigenvalue weighted by Crippen LogP contribution is -2.60. The lowest BCUT2D eigenvalue weighted by atomic mass is 9.64. The van der Waals surface area contributed by atoms with Gasteiger partial charge in [0.15, 0.2) is 0 Å². The van der Waals surface area contributed by atoms with Crippen LogP contribution >= 0.6 is 0 Å². The van der Waals surface area contributed by atoms with Crippen LogP contribution < -0.4 is 5.32 Å². The van der Waals surface area contributed by atoms with E-state index < -0.39 is 0 Å². The minimum absolute atomic E-state index is 0.00667. The van der Waals surface area contributed by atoms with E-state index in [0.29, 0.717) is 12.5 Å². The molecule has 1 amide bonds. The van der Waals surface area contributed by atoms with Crippen molar-refractivity contribution in [1.29, 1.82) is 0 Å². The normalized spacial score (nSPS) is 40.8. The third kappa shape index (κ3) is 2.01. The van der Waals surface area contributed by atoms with E-state index in [2.05, 4.69) is 31.0 Å². The largest absolute Gasteiger partial charge is 0.349 e. The minimum atomic E-state index is 0.00667. The highest BCUT2D eigenvalue weighted by molar-refractivity contribution is 5.79. The molecule has 1 saturated heterocycles. The van der Waals surface area contributed by atoms with Crippen LogP contribution in [0.2, 0.25) is 0 Å². The molecule has 108 valence electrons. The van der Waals surface area contributed by atoms with Gasteiger partial charge in [0.25, 0.3) is 0 Å². The van der Waals surface area contributed by atoms with E-state index in [9.17, 15) is 4.79 Å². The van der Waals surface area contributed by atoms with Crippen LogP contribution in [0.15, 0.2) is 0 Å². The zero-order valence-electron chi connectivity index (χ0n) is 12.7. The van der Waals surface area contributed by atoms with Crippen LogP contribution in [0, 0.1) is 17.3 Å². The Balaban J connectivity index is 1.66. The van der Waals surface area contributed by atoms with Crippen molar-refractivity contribution in [1.82, 2.24) is 10.2 Å². The predicted molar refractivity (Wildman–Crippen MR) is 76.8 cm³/mol. The zero-order chi connectivity index (χ0) is 13.7. The highest BCUT2D eigenvalue weighted by Crippen LogP contribution is 2.61. The predicted octanol–water partition coefficient (Wildman–Crippen LogP) is 2.41. The summed E-state index contributed by atoms with van der Waals surface area (Å²) in [4.78, 5) is 14.7. The summed E-state index contributed by atoms with van der Waals surface area (Å²) >= 11 is 0. The summed E-state index contributed by atoms with van der Waals surface area (Å²) in [6, 6.07) is 0. The van der Waals surface area contributed by atoms with Gasteiger partial charge in [-0.3, -0.25) is 9.69 Å². The van der Waals surface area contributed by atoms with Gasteiger partial charge < -0.3 is 5.32 Å². The summed E-state index contributed by atoms with van der Waals surface area (Å²) in [6.45, 7) is 9.79. The number of carbonyl (C=O) groups excluding carboxylic acids is 1. The van der Waals surface area contributed by atoms with Crippen molar-refractivity contribution in [3.63, 3.8) is 0 Å². The summed E-state index contributed by atoms with van der Waals surface area (Å²) < 4.78 is 0. The van der Waals surface area contributed by atoms with Gasteiger partial charge in [-0.2, -0.15) is 0 Å². The number of rotatable bonds is 3. The van der Waals surface area contributed by atoms with E-state index >= 15 is 0 Å². The highest BCUT2D eigenvalue weighted by atomic mass is 16.2. The maximum absolute atomic E-state index is 12.4. The molecule has 3 rings (SSSR count). The van der Waals surface area contributed by atoms with Crippen molar-refractivity contribution in [2.24, 2.45) is 17.3 Å². The average Bonchev–Trinajstić information content (AvgIpc) is 2.99. The van der Waals surface area contributed by atoms with Crippen LogP contribution in [0.3, 0.4) is 0 Å². The van der Waals surface area contributed by atoms with Gasteiger partial charge in [0.1, 0.15) is 0 Å². The van der Waals surface area contributed by atoms with Gasteiger partial charge >= 0.3 is 0 Å². The molecule has 0 unspecified atom stereocenters. The summed E-state index contributed by atoms with van der Waals surface area (Å²) in [5, 5.41) is 3.42. The maximum atomic E-state index is 12.4. The van der Waals surface area contributed by atoms with Gasteiger partial charge in [0.2, 0.25) is 5.91 Å². The highest BCUT2D eigenvalue weighted by Gasteiger charge is 2.60. The first kappa shape index (κ1) is 13.4. The lowest BCUT2D eigenvalue weighted by molar-refractivity contribution is -0.126. The fourth-order valence-corrected chi connectivity index (χ4v) is 4.85. The Morgan fingerprint density at radius 2 is 1.79 bits per heavy atom. The molecule has 1 aliphatic heterocycles. The molecule has 3 aliphatic rings. The van der Waals surface area contributed by atoms with Gasteiger partial charge in [0, 0.05) is 5.54 Å². The number of nitrogens with zero attached hydrogens (tertiary/aromatic N) is 1. The Hall–Kier alpha value is -0.570. The molecule has 0 radical (unpaired) electrons. The molecule has 3 fully saturated rings. The Labute approximate surface area is 117 Å². The molecule has 2 saturated carbocycles. The third-order valence-corrected chi connectivity index (χ3v) is 6.57. The van der Waals surface area contributed by atoms with E-state index in [4.69, 9.17) is 0 Å². The van der Waals surface area contributed by atoms with Crippen LogP contribution in [-0.4, -0.2) is 36.0 Å². The number of hydrogen-bond donors (Lipinski definition) is 1. The zero-order valence-corrected chi connectivity index (χ0v) is 12.7. The first-order valence-electron chi connectivity index (χ1n) is 7.97. The number of nitrogens with one attached hydrogen (secondary N) is 1. The van der Waals surface area contributed by atoms with Crippen molar-refractivity contribution in [2.75, 3.05) is 19.6 Å². The van der Waals surface area contributed by atoms with Crippen molar-refractivity contribution in [3.8, 4) is 0 Å². The average molecular weight is 264 g/mol. The molecule has 3 nitrogen and oxygen atoms in total. The van der Waals surface area contributed by atoms with Crippen LogP contribution in [0.4, 0.5) is 0 Å². The number of likely N-dealkylation sites (tertiary alicyclic amines) is 1. The first-order valence-corrected chi connectivity index (χ1v) is 7.97. The Morgan fingerprint density at radius 1 is 1.16 bits per heavy atom. The number of fused-ring (bicyclic) bond motifs is 2. The van der Waals surface area contributed by atoms with Crippen molar-refractivity contribution < 1.29 is 4.79 Å². The van der Waals surface area contributed by atoms with Crippen LogP contribution in [0.1, 0.15) is 52.9 Å². The number of amides is 1. The van der Waals surface area contributed by atoms with Gasteiger partial charge in [-0.25, -0.2) is 0 Å². The second-order valence-corrected chi connectivity index (χ2v) is 7.66. The lowest BCUT2D eigenvalue weighted by Gasteiger charge is -2.48. The monoisotopic (exact) mass is 264 g/mol. The van der Waals surface area contributed by atoms with Crippen LogP contribution in [0.5, 0.6) is 0 Å². The first-order chi connectivity index (χ1) is 8.93. The summed E-state index contributed by atoms with van der Waals surface area (Å²) in [7, 11) is 0. The van der Waals surface area contributed by atoms with Gasteiger partial charge in [-0.1, -0.05) is 13.8 Å². The maximum Gasteiger partial charge on any atom is 0.234 e. The molecular weight excluding hydrogens is 236 g/mol. The van der Waals surface area contributed by atoms with Crippen molar-refractivity contribution in [2.45, 2.75) is 58.4 Å².